The number of para-hydroxylation sites is 1. The van der Waals surface area contributed by atoms with Crippen LogP contribution in [-0.2, 0) is 20.9 Å². The number of pyridine rings is 1. The molecule has 1 saturated heterocycles. The number of rotatable bonds is 6. The number of ketones is 1. The summed E-state index contributed by atoms with van der Waals surface area (Å²) >= 11 is 0. The van der Waals surface area contributed by atoms with Gasteiger partial charge < -0.3 is 20.7 Å². The maximum atomic E-state index is 13.5. The summed E-state index contributed by atoms with van der Waals surface area (Å²) in [4.78, 5) is 45.6. The third-order valence-corrected chi connectivity index (χ3v) is 6.27. The van der Waals surface area contributed by atoms with Gasteiger partial charge in [-0.05, 0) is 23.8 Å². The van der Waals surface area contributed by atoms with Gasteiger partial charge in [-0.2, -0.15) is 0 Å². The van der Waals surface area contributed by atoms with Crippen LogP contribution in [0.5, 0.6) is 0 Å². The second-order valence-electron chi connectivity index (χ2n) is 8.17. The quantitative estimate of drug-likeness (QED) is 0.535. The fraction of sp³-hybridized carbons (Fsp3) is 0.391. The van der Waals surface area contributed by atoms with Crippen LogP contribution in [-0.4, -0.2) is 53.8 Å². The second-order valence-corrected chi connectivity index (χ2v) is 8.17. The Labute approximate surface area is 180 Å². The molecular weight excluding hydrogens is 396 g/mol. The molecule has 2 aliphatic rings. The number of hydrogen-bond donors (Lipinski definition) is 2. The summed E-state index contributed by atoms with van der Waals surface area (Å²) in [5.74, 6) is -2.27. The first kappa shape index (κ1) is 21.0. The van der Waals surface area contributed by atoms with E-state index in [1.807, 2.05) is 6.07 Å². The maximum Gasteiger partial charge on any atom is 0.227 e. The summed E-state index contributed by atoms with van der Waals surface area (Å²) in [7, 11) is 0. The Morgan fingerprint density at radius 1 is 1.16 bits per heavy atom. The van der Waals surface area contributed by atoms with Gasteiger partial charge in [-0.3, -0.25) is 19.4 Å². The standard InChI is InChI=1S/C23H26N4O4/c1-23(20(28)16-6-2-3-7-17(16)24)18(19(23)22(30)27-9-11-31-12-10-27)21(29)26-14-15-5-4-8-25-13-15/h2-8,13,18-19H,9-12,14,24H2,1H3,(H,26,29)/t18-,19+,23+/m1/s1. The summed E-state index contributed by atoms with van der Waals surface area (Å²) in [5, 5.41) is 2.87. The van der Waals surface area contributed by atoms with Crippen molar-refractivity contribution in [2.24, 2.45) is 17.3 Å². The molecule has 8 heteroatoms. The Morgan fingerprint density at radius 2 is 1.90 bits per heavy atom. The van der Waals surface area contributed by atoms with Crippen molar-refractivity contribution in [1.82, 2.24) is 15.2 Å². The molecule has 1 aliphatic carbocycles. The van der Waals surface area contributed by atoms with Crippen LogP contribution in [0.1, 0.15) is 22.8 Å². The van der Waals surface area contributed by atoms with Crippen LogP contribution in [0.25, 0.3) is 0 Å². The zero-order valence-electron chi connectivity index (χ0n) is 17.4. The first-order chi connectivity index (χ1) is 14.9. The van der Waals surface area contributed by atoms with Crippen LogP contribution in [0.3, 0.4) is 0 Å². The lowest BCUT2D eigenvalue weighted by Crippen LogP contribution is -2.42. The Balaban J connectivity index is 1.58. The summed E-state index contributed by atoms with van der Waals surface area (Å²) < 4.78 is 5.33. The van der Waals surface area contributed by atoms with Crippen LogP contribution in [0, 0.1) is 17.3 Å². The third kappa shape index (κ3) is 3.90. The van der Waals surface area contributed by atoms with E-state index in [1.165, 1.54) is 0 Å². The lowest BCUT2D eigenvalue weighted by molar-refractivity contribution is -0.138. The number of carbonyl (C=O) groups is 3. The number of benzene rings is 1. The number of nitrogen functional groups attached to an aromatic ring is 1. The number of morpholine rings is 1. The van der Waals surface area contributed by atoms with Gasteiger partial charge in [0.05, 0.1) is 30.5 Å². The number of aromatic nitrogens is 1. The summed E-state index contributed by atoms with van der Waals surface area (Å²) in [6.07, 6.45) is 3.32. The van der Waals surface area contributed by atoms with Crippen LogP contribution < -0.4 is 11.1 Å². The molecule has 162 valence electrons. The largest absolute Gasteiger partial charge is 0.398 e. The molecule has 1 saturated carbocycles. The molecule has 3 atom stereocenters. The molecule has 2 heterocycles. The number of nitrogens with two attached hydrogens (primary N) is 1. The number of nitrogens with zero attached hydrogens (tertiary/aromatic N) is 2. The number of carbonyl (C=O) groups excluding carboxylic acids is 3. The van der Waals surface area contributed by atoms with E-state index in [9.17, 15) is 14.4 Å². The highest BCUT2D eigenvalue weighted by Gasteiger charge is 2.73. The van der Waals surface area contributed by atoms with Crippen LogP contribution in [0.15, 0.2) is 48.8 Å². The van der Waals surface area contributed by atoms with E-state index in [0.717, 1.165) is 5.56 Å². The second kappa shape index (κ2) is 8.47. The van der Waals surface area contributed by atoms with Gasteiger partial charge in [0.15, 0.2) is 5.78 Å². The molecule has 0 spiro atoms. The van der Waals surface area contributed by atoms with Gasteiger partial charge in [0.1, 0.15) is 0 Å². The summed E-state index contributed by atoms with van der Waals surface area (Å²) in [6.45, 7) is 3.78. The van der Waals surface area contributed by atoms with E-state index < -0.39 is 17.3 Å². The number of anilines is 1. The maximum absolute atomic E-state index is 13.5. The van der Waals surface area contributed by atoms with Crippen LogP contribution in [0.2, 0.25) is 0 Å². The zero-order valence-corrected chi connectivity index (χ0v) is 17.4. The Hall–Kier alpha value is -3.26. The number of nitrogens with one attached hydrogen (secondary N) is 1. The van der Waals surface area contributed by atoms with Crippen molar-refractivity contribution in [3.05, 3.63) is 59.9 Å². The van der Waals surface area contributed by atoms with E-state index in [1.54, 1.807) is 54.5 Å². The average molecular weight is 422 g/mol. The minimum absolute atomic E-state index is 0.185. The Morgan fingerprint density at radius 3 is 2.58 bits per heavy atom. The van der Waals surface area contributed by atoms with Gasteiger partial charge in [0.25, 0.3) is 0 Å². The zero-order chi connectivity index (χ0) is 22.0. The monoisotopic (exact) mass is 422 g/mol. The molecule has 0 bridgehead atoms. The summed E-state index contributed by atoms with van der Waals surface area (Å²) in [6, 6.07) is 10.4. The van der Waals surface area contributed by atoms with Gasteiger partial charge in [-0.15, -0.1) is 0 Å². The topological polar surface area (TPSA) is 115 Å². The number of ether oxygens (including phenoxy) is 1. The minimum Gasteiger partial charge on any atom is -0.398 e. The van der Waals surface area contributed by atoms with Crippen molar-refractivity contribution < 1.29 is 19.1 Å². The van der Waals surface area contributed by atoms with E-state index in [-0.39, 0.29) is 24.1 Å². The molecule has 1 aliphatic heterocycles. The Kier molecular flexibility index (Phi) is 5.73. The lowest BCUT2D eigenvalue weighted by Gasteiger charge is -2.27. The molecule has 8 nitrogen and oxygen atoms in total. The van der Waals surface area contributed by atoms with Gasteiger partial charge in [-0.1, -0.05) is 25.1 Å². The van der Waals surface area contributed by atoms with E-state index in [0.29, 0.717) is 37.6 Å². The van der Waals surface area contributed by atoms with Crippen molar-refractivity contribution in [2.75, 3.05) is 32.0 Å². The van der Waals surface area contributed by atoms with Gasteiger partial charge in [0, 0.05) is 43.3 Å². The Bertz CT molecular complexity index is 990. The van der Waals surface area contributed by atoms with Gasteiger partial charge in [0.2, 0.25) is 11.8 Å². The van der Waals surface area contributed by atoms with E-state index in [4.69, 9.17) is 10.5 Å². The molecule has 4 rings (SSSR count). The molecule has 2 fully saturated rings. The molecule has 31 heavy (non-hydrogen) atoms. The SMILES string of the molecule is C[C@@]1(C(=O)c2ccccc2N)[C@H](C(=O)N2CCOCC2)[C@@H]1C(=O)NCc1cccnc1. The molecule has 2 aromatic rings. The predicted molar refractivity (Wildman–Crippen MR) is 114 cm³/mol. The number of Topliss-reactive ketones (excluding diaryl/α,β-unsaturated/α-hetero) is 1. The minimum atomic E-state index is -1.15. The summed E-state index contributed by atoms with van der Waals surface area (Å²) in [5.41, 5.74) is 6.40. The highest BCUT2D eigenvalue weighted by Crippen LogP contribution is 2.61. The molecule has 0 radical (unpaired) electrons. The van der Waals surface area contributed by atoms with Crippen molar-refractivity contribution in [1.29, 1.82) is 0 Å². The fourth-order valence-electron chi connectivity index (χ4n) is 4.39. The highest BCUT2D eigenvalue weighted by atomic mass is 16.5. The first-order valence-electron chi connectivity index (χ1n) is 10.4. The third-order valence-electron chi connectivity index (χ3n) is 6.27. The van der Waals surface area contributed by atoms with E-state index in [2.05, 4.69) is 10.3 Å². The molecule has 1 aromatic heterocycles. The molecule has 3 N–H and O–H groups in total. The van der Waals surface area contributed by atoms with Crippen molar-refractivity contribution in [3.63, 3.8) is 0 Å². The number of amides is 2. The predicted octanol–water partition coefficient (Wildman–Crippen LogP) is 1.27. The van der Waals surface area contributed by atoms with Crippen molar-refractivity contribution in [2.45, 2.75) is 13.5 Å². The van der Waals surface area contributed by atoms with Gasteiger partial charge >= 0.3 is 0 Å². The highest BCUT2D eigenvalue weighted by molar-refractivity contribution is 6.14. The molecule has 1 aromatic carbocycles. The normalized spacial score (nSPS) is 25.0. The first-order valence-corrected chi connectivity index (χ1v) is 10.4. The smallest absolute Gasteiger partial charge is 0.227 e. The lowest BCUT2D eigenvalue weighted by atomic mass is 9.91. The average Bonchev–Trinajstić information content (AvgIpc) is 3.45. The molecule has 0 unspecified atom stereocenters. The molecular formula is C23H26N4O4. The van der Waals surface area contributed by atoms with Crippen molar-refractivity contribution >= 4 is 23.3 Å². The van der Waals surface area contributed by atoms with Gasteiger partial charge in [-0.25, -0.2) is 0 Å². The number of hydrogen-bond acceptors (Lipinski definition) is 6. The van der Waals surface area contributed by atoms with Crippen LogP contribution >= 0.6 is 0 Å². The van der Waals surface area contributed by atoms with Crippen molar-refractivity contribution in [3.8, 4) is 0 Å². The molecule has 2 amide bonds. The fourth-order valence-corrected chi connectivity index (χ4v) is 4.39. The van der Waals surface area contributed by atoms with Crippen LogP contribution in [0.4, 0.5) is 5.69 Å². The van der Waals surface area contributed by atoms with E-state index >= 15 is 0 Å².